The maximum atomic E-state index is 12.9. The van der Waals surface area contributed by atoms with Crippen LogP contribution in [0.15, 0.2) is 42.7 Å². The average Bonchev–Trinajstić information content (AvgIpc) is 2.57. The Morgan fingerprint density at radius 2 is 2.00 bits per heavy atom. The third-order valence-electron chi connectivity index (χ3n) is 4.32. The van der Waals surface area contributed by atoms with Gasteiger partial charge in [0.05, 0.1) is 32.0 Å². The summed E-state index contributed by atoms with van der Waals surface area (Å²) in [5, 5.41) is 0. The maximum absolute atomic E-state index is 12.9. The minimum Gasteiger partial charge on any atom is -0.498 e. The Morgan fingerprint density at radius 3 is 2.57 bits per heavy atom. The molecule has 0 radical (unpaired) electrons. The fraction of sp³-hybridized carbons (Fsp3) is 0.421. The van der Waals surface area contributed by atoms with Crippen molar-refractivity contribution in [1.29, 1.82) is 0 Å². The number of ketones is 1. The highest BCUT2D eigenvalue weighted by atomic mass is 16.5. The van der Waals surface area contributed by atoms with Gasteiger partial charge in [0, 0.05) is 12.5 Å². The molecular weight excluding hydrogens is 292 g/mol. The summed E-state index contributed by atoms with van der Waals surface area (Å²) in [6, 6.07) is 5.66. The molecule has 0 saturated carbocycles. The summed E-state index contributed by atoms with van der Waals surface area (Å²) in [6.07, 6.45) is 5.44. The first-order valence-electron chi connectivity index (χ1n) is 7.82. The van der Waals surface area contributed by atoms with Crippen LogP contribution in [0.3, 0.4) is 0 Å². The zero-order valence-electron chi connectivity index (χ0n) is 14.1. The summed E-state index contributed by atoms with van der Waals surface area (Å²) < 4.78 is 16.2. The van der Waals surface area contributed by atoms with Crippen molar-refractivity contribution >= 4 is 5.78 Å². The Morgan fingerprint density at radius 1 is 1.26 bits per heavy atom. The Kier molecular flexibility index (Phi) is 5.48. The van der Waals surface area contributed by atoms with Gasteiger partial charge in [0.15, 0.2) is 17.3 Å². The van der Waals surface area contributed by atoms with Gasteiger partial charge in [0.2, 0.25) is 0 Å². The summed E-state index contributed by atoms with van der Waals surface area (Å²) in [5.41, 5.74) is 0.314. The fourth-order valence-electron chi connectivity index (χ4n) is 3.10. The number of hydrogen-bond donors (Lipinski definition) is 0. The van der Waals surface area contributed by atoms with Crippen LogP contribution in [0, 0.1) is 0 Å². The van der Waals surface area contributed by atoms with Crippen LogP contribution in [-0.4, -0.2) is 26.6 Å². The normalized spacial score (nSPS) is 20.7. The van der Waals surface area contributed by atoms with E-state index in [0.717, 1.165) is 17.7 Å². The molecule has 0 aromatic heterocycles. The molecule has 0 amide bonds. The smallest absolute Gasteiger partial charge is 0.169 e. The van der Waals surface area contributed by atoms with Gasteiger partial charge >= 0.3 is 0 Å². The highest BCUT2D eigenvalue weighted by Crippen LogP contribution is 2.42. The van der Waals surface area contributed by atoms with E-state index in [2.05, 4.69) is 6.58 Å². The number of rotatable bonds is 7. The maximum Gasteiger partial charge on any atom is 0.169 e. The van der Waals surface area contributed by atoms with E-state index in [-0.39, 0.29) is 5.78 Å². The van der Waals surface area contributed by atoms with Crippen molar-refractivity contribution in [1.82, 2.24) is 0 Å². The van der Waals surface area contributed by atoms with E-state index in [1.165, 1.54) is 0 Å². The minimum atomic E-state index is -0.609. The topological polar surface area (TPSA) is 44.8 Å². The lowest BCUT2D eigenvalue weighted by molar-refractivity contribution is -0.121. The van der Waals surface area contributed by atoms with E-state index in [1.54, 1.807) is 26.4 Å². The fourth-order valence-corrected chi connectivity index (χ4v) is 3.10. The highest BCUT2D eigenvalue weighted by molar-refractivity contribution is 6.00. The summed E-state index contributed by atoms with van der Waals surface area (Å²) >= 11 is 0. The SMILES string of the molecule is C=CCC1(c2ccc(OC)c(OC)c2)CCC(OCC)=CC1=O. The predicted octanol–water partition coefficient (Wildman–Crippen LogP) is 3.80. The molecule has 4 nitrogen and oxygen atoms in total. The molecule has 0 bridgehead atoms. The van der Waals surface area contributed by atoms with Gasteiger partial charge in [-0.15, -0.1) is 6.58 Å². The largest absolute Gasteiger partial charge is 0.498 e. The van der Waals surface area contributed by atoms with Gasteiger partial charge in [-0.3, -0.25) is 4.79 Å². The molecule has 0 N–H and O–H groups in total. The zero-order chi connectivity index (χ0) is 16.9. The van der Waals surface area contributed by atoms with Crippen molar-refractivity contribution in [2.24, 2.45) is 0 Å². The second-order valence-electron chi connectivity index (χ2n) is 5.55. The summed E-state index contributed by atoms with van der Waals surface area (Å²) in [6.45, 7) is 6.33. The van der Waals surface area contributed by atoms with Crippen LogP contribution in [0.5, 0.6) is 11.5 Å². The number of carbonyl (C=O) groups excluding carboxylic acids is 1. The van der Waals surface area contributed by atoms with Crippen molar-refractivity contribution in [3.63, 3.8) is 0 Å². The van der Waals surface area contributed by atoms with Gasteiger partial charge in [0.1, 0.15) is 0 Å². The van der Waals surface area contributed by atoms with Crippen LogP contribution >= 0.6 is 0 Å². The standard InChI is InChI=1S/C19H24O4/c1-5-10-19(11-9-15(23-6-2)13-18(19)20)14-7-8-16(21-3)17(12-14)22-4/h5,7-8,12-13H,1,6,9-11H2,2-4H3. The third kappa shape index (κ3) is 3.26. The molecule has 1 aliphatic carbocycles. The number of hydrogen-bond acceptors (Lipinski definition) is 4. The third-order valence-corrected chi connectivity index (χ3v) is 4.32. The van der Waals surface area contributed by atoms with Crippen LogP contribution < -0.4 is 9.47 Å². The van der Waals surface area contributed by atoms with Crippen molar-refractivity contribution in [2.75, 3.05) is 20.8 Å². The lowest BCUT2D eigenvalue weighted by Gasteiger charge is -2.35. The molecular formula is C19H24O4. The Labute approximate surface area is 137 Å². The lowest BCUT2D eigenvalue weighted by Crippen LogP contribution is -2.37. The highest BCUT2D eigenvalue weighted by Gasteiger charge is 2.41. The predicted molar refractivity (Wildman–Crippen MR) is 90.0 cm³/mol. The van der Waals surface area contributed by atoms with E-state index in [4.69, 9.17) is 14.2 Å². The number of methoxy groups -OCH3 is 2. The van der Waals surface area contributed by atoms with Gasteiger partial charge in [-0.1, -0.05) is 12.1 Å². The molecule has 1 aromatic rings. The molecule has 0 aliphatic heterocycles. The van der Waals surface area contributed by atoms with Gasteiger partial charge in [-0.25, -0.2) is 0 Å². The van der Waals surface area contributed by atoms with E-state index in [1.807, 2.05) is 25.1 Å². The number of allylic oxidation sites excluding steroid dienone is 3. The summed E-state index contributed by atoms with van der Waals surface area (Å²) in [4.78, 5) is 12.9. The van der Waals surface area contributed by atoms with Gasteiger partial charge in [0.25, 0.3) is 0 Å². The number of carbonyl (C=O) groups is 1. The number of ether oxygens (including phenoxy) is 3. The molecule has 1 aromatic carbocycles. The second kappa shape index (κ2) is 7.36. The summed E-state index contributed by atoms with van der Waals surface area (Å²) in [5.74, 6) is 2.09. The van der Waals surface area contributed by atoms with Crippen molar-refractivity contribution in [3.8, 4) is 11.5 Å². The van der Waals surface area contributed by atoms with Gasteiger partial charge in [-0.05, 0) is 37.5 Å². The van der Waals surface area contributed by atoms with Crippen LogP contribution in [0.1, 0.15) is 31.7 Å². The molecule has 124 valence electrons. The van der Waals surface area contributed by atoms with Crippen molar-refractivity contribution < 1.29 is 19.0 Å². The molecule has 23 heavy (non-hydrogen) atoms. The first kappa shape index (κ1) is 17.1. The Balaban J connectivity index is 2.46. The molecule has 0 fully saturated rings. The quantitative estimate of drug-likeness (QED) is 0.718. The van der Waals surface area contributed by atoms with E-state index >= 15 is 0 Å². The van der Waals surface area contributed by atoms with Crippen LogP contribution in [0.25, 0.3) is 0 Å². The Hall–Kier alpha value is -2.23. The zero-order valence-corrected chi connectivity index (χ0v) is 14.1. The first-order valence-corrected chi connectivity index (χ1v) is 7.82. The minimum absolute atomic E-state index is 0.0549. The second-order valence-corrected chi connectivity index (χ2v) is 5.55. The molecule has 0 heterocycles. The van der Waals surface area contributed by atoms with Crippen LogP contribution in [-0.2, 0) is 14.9 Å². The van der Waals surface area contributed by atoms with E-state index in [0.29, 0.717) is 30.9 Å². The molecule has 0 saturated heterocycles. The molecule has 1 unspecified atom stereocenters. The van der Waals surface area contributed by atoms with E-state index in [9.17, 15) is 4.79 Å². The van der Waals surface area contributed by atoms with Gasteiger partial charge in [-0.2, -0.15) is 0 Å². The molecule has 4 heteroatoms. The van der Waals surface area contributed by atoms with Crippen LogP contribution in [0.4, 0.5) is 0 Å². The van der Waals surface area contributed by atoms with Crippen LogP contribution in [0.2, 0.25) is 0 Å². The first-order chi connectivity index (χ1) is 11.1. The lowest BCUT2D eigenvalue weighted by atomic mass is 9.68. The molecule has 0 spiro atoms. The molecule has 1 atom stereocenters. The van der Waals surface area contributed by atoms with Crippen molar-refractivity contribution in [2.45, 2.75) is 31.6 Å². The van der Waals surface area contributed by atoms with E-state index < -0.39 is 5.41 Å². The molecule has 1 aliphatic rings. The Bertz CT molecular complexity index is 618. The van der Waals surface area contributed by atoms with Gasteiger partial charge < -0.3 is 14.2 Å². The van der Waals surface area contributed by atoms with Crippen molar-refractivity contribution in [3.05, 3.63) is 48.3 Å². The molecule has 2 rings (SSSR count). The average molecular weight is 316 g/mol. The monoisotopic (exact) mass is 316 g/mol. The number of benzene rings is 1. The summed E-state index contributed by atoms with van der Waals surface area (Å²) in [7, 11) is 3.19.